The minimum atomic E-state index is -0.975. The molecule has 0 heterocycles. The minimum absolute atomic E-state index is 0.0729. The molecule has 14 nitrogen and oxygen atoms in total. The van der Waals surface area contributed by atoms with Gasteiger partial charge >= 0.3 is 30.0 Å². The van der Waals surface area contributed by atoms with Crippen molar-refractivity contribution in [1.29, 1.82) is 0 Å². The van der Waals surface area contributed by atoms with E-state index in [2.05, 4.69) is 38.2 Å². The summed E-state index contributed by atoms with van der Waals surface area (Å²) >= 11 is 0. The van der Waals surface area contributed by atoms with Crippen LogP contribution >= 0.6 is 0 Å². The Morgan fingerprint density at radius 3 is 1.61 bits per heavy atom. The van der Waals surface area contributed by atoms with Gasteiger partial charge in [0.1, 0.15) is 31.3 Å². The van der Waals surface area contributed by atoms with Crippen LogP contribution < -0.4 is 9.47 Å². The molecular formula is C57H85NO13. The summed E-state index contributed by atoms with van der Waals surface area (Å²) in [6, 6.07) is 8.53. The Hall–Kier alpha value is -5.53. The molecule has 0 aromatic heterocycles. The molecular weight excluding hydrogens is 907 g/mol. The van der Waals surface area contributed by atoms with Gasteiger partial charge in [0.25, 0.3) is 5.69 Å². The van der Waals surface area contributed by atoms with E-state index in [0.29, 0.717) is 54.5 Å². The van der Waals surface area contributed by atoms with Crippen molar-refractivity contribution in [1.82, 2.24) is 0 Å². The van der Waals surface area contributed by atoms with Gasteiger partial charge in [-0.2, -0.15) is 0 Å². The van der Waals surface area contributed by atoms with Crippen LogP contribution in [0.5, 0.6) is 11.5 Å². The lowest BCUT2D eigenvalue weighted by Gasteiger charge is -2.20. The molecule has 0 N–H and O–H groups in total. The SMILES string of the molecule is CCCC/C=C\CCCCCCCC(=O)OCC(COC(=O)CCCCCCC/C=C\CCCC)OC(=O)CC(C)CCCC(C)C(=O)Oc1c(C)cc(COC(=O)Oc2ccc([N+](=O)[O-])cc2)cc1C. The Morgan fingerprint density at radius 2 is 1.10 bits per heavy atom. The first-order chi connectivity index (χ1) is 34.2. The first-order valence-corrected chi connectivity index (χ1v) is 26.4. The third-order valence-corrected chi connectivity index (χ3v) is 12.0. The van der Waals surface area contributed by atoms with Crippen molar-refractivity contribution < 1.29 is 57.3 Å². The van der Waals surface area contributed by atoms with Crippen molar-refractivity contribution in [3.05, 3.63) is 87.5 Å². The molecule has 2 rings (SSSR count). The van der Waals surface area contributed by atoms with Gasteiger partial charge in [0.2, 0.25) is 0 Å². The molecule has 71 heavy (non-hydrogen) atoms. The predicted octanol–water partition coefficient (Wildman–Crippen LogP) is 14.6. The number of benzene rings is 2. The average molecular weight is 992 g/mol. The summed E-state index contributed by atoms with van der Waals surface area (Å²) in [6.07, 6.45) is 28.9. The van der Waals surface area contributed by atoms with Crippen LogP contribution in [0.2, 0.25) is 0 Å². The van der Waals surface area contributed by atoms with Gasteiger partial charge in [0, 0.05) is 31.4 Å². The highest BCUT2D eigenvalue weighted by atomic mass is 16.7. The molecule has 0 bridgehead atoms. The molecule has 0 aliphatic rings. The fraction of sp³-hybridized carbons (Fsp3) is 0.632. The number of allylic oxidation sites excluding steroid dienone is 4. The smallest absolute Gasteiger partial charge is 0.462 e. The van der Waals surface area contributed by atoms with Crippen LogP contribution in [-0.4, -0.2) is 54.3 Å². The van der Waals surface area contributed by atoms with Gasteiger partial charge in [0.15, 0.2) is 6.10 Å². The van der Waals surface area contributed by atoms with Gasteiger partial charge in [-0.1, -0.05) is 129 Å². The summed E-state index contributed by atoms with van der Waals surface area (Å²) in [7, 11) is 0. The molecule has 0 fully saturated rings. The van der Waals surface area contributed by atoms with Crippen LogP contribution in [0.1, 0.15) is 198 Å². The molecule has 0 saturated carbocycles. The van der Waals surface area contributed by atoms with Crippen LogP contribution in [0.4, 0.5) is 10.5 Å². The van der Waals surface area contributed by atoms with Gasteiger partial charge in [-0.3, -0.25) is 29.3 Å². The molecule has 2 atom stereocenters. The number of nitro groups is 1. The van der Waals surface area contributed by atoms with Gasteiger partial charge in [-0.05, 0) is 119 Å². The number of hydrogen-bond donors (Lipinski definition) is 0. The van der Waals surface area contributed by atoms with E-state index in [1.54, 1.807) is 32.9 Å². The Morgan fingerprint density at radius 1 is 0.606 bits per heavy atom. The monoisotopic (exact) mass is 992 g/mol. The maximum atomic E-state index is 13.2. The number of carbonyl (C=O) groups excluding carboxylic acids is 5. The van der Waals surface area contributed by atoms with Gasteiger partial charge in [-0.25, -0.2) is 4.79 Å². The summed E-state index contributed by atoms with van der Waals surface area (Å²) in [5, 5.41) is 10.9. The third kappa shape index (κ3) is 30.1. The number of esters is 4. The number of nitro benzene ring substituents is 1. The van der Waals surface area contributed by atoms with Crippen molar-refractivity contribution >= 4 is 35.7 Å². The van der Waals surface area contributed by atoms with Crippen LogP contribution in [0.3, 0.4) is 0 Å². The number of aryl methyl sites for hydroxylation is 2. The van der Waals surface area contributed by atoms with Crippen molar-refractivity contribution in [3.63, 3.8) is 0 Å². The standard InChI is InChI=1S/C57H85NO13/c1-7-9-11-13-15-17-19-21-23-25-27-32-52(59)66-42-51(43-67-53(60)33-28-26-24-22-20-18-16-14-12-10-8-2)69-54(61)38-44(3)30-29-31-45(4)56(62)71-55-46(5)39-48(40-47(55)6)41-68-57(63)70-50-36-34-49(35-37-50)58(64)65/h13-16,34-37,39-40,44-45,51H,7-12,17-33,38,41-43H2,1-6H3/b15-13-,16-14-. The largest absolute Gasteiger partial charge is 0.514 e. The zero-order valence-electron chi connectivity index (χ0n) is 43.9. The molecule has 0 amide bonds. The molecule has 2 aromatic carbocycles. The number of ether oxygens (including phenoxy) is 6. The Kier molecular flexibility index (Phi) is 33.1. The molecule has 0 spiro atoms. The lowest BCUT2D eigenvalue weighted by Crippen LogP contribution is -2.31. The topological polar surface area (TPSA) is 184 Å². The highest BCUT2D eigenvalue weighted by molar-refractivity contribution is 5.75. The Balaban J connectivity index is 1.80. The molecule has 0 radical (unpaired) electrons. The van der Waals surface area contributed by atoms with Crippen molar-refractivity contribution in [3.8, 4) is 11.5 Å². The van der Waals surface area contributed by atoms with Gasteiger partial charge in [0.05, 0.1) is 10.8 Å². The van der Waals surface area contributed by atoms with Gasteiger partial charge < -0.3 is 28.4 Å². The number of rotatable bonds is 39. The lowest BCUT2D eigenvalue weighted by atomic mass is 9.96. The zero-order valence-corrected chi connectivity index (χ0v) is 43.9. The fourth-order valence-electron chi connectivity index (χ4n) is 7.77. The van der Waals surface area contributed by atoms with E-state index in [4.69, 9.17) is 28.4 Å². The number of carbonyl (C=O) groups is 5. The van der Waals surface area contributed by atoms with Crippen LogP contribution in [0, 0.1) is 35.8 Å². The Bertz CT molecular complexity index is 1850. The maximum absolute atomic E-state index is 13.2. The van der Waals surface area contributed by atoms with Crippen molar-refractivity contribution in [2.75, 3.05) is 13.2 Å². The second kappa shape index (κ2) is 38.2. The molecule has 0 saturated heterocycles. The second-order valence-electron chi connectivity index (χ2n) is 18.8. The zero-order chi connectivity index (χ0) is 52.1. The van der Waals surface area contributed by atoms with E-state index in [0.717, 1.165) is 77.0 Å². The van der Waals surface area contributed by atoms with Crippen molar-refractivity contribution in [2.45, 2.75) is 208 Å². The summed E-state index contributed by atoms with van der Waals surface area (Å²) in [4.78, 5) is 74.2. The quantitative estimate of drug-likeness (QED) is 0.00902. The summed E-state index contributed by atoms with van der Waals surface area (Å²) in [5.74, 6) is -1.60. The number of nitrogens with zero attached hydrogens (tertiary/aromatic N) is 1. The normalized spacial score (nSPS) is 12.2. The molecule has 0 aliphatic heterocycles. The first-order valence-electron chi connectivity index (χ1n) is 26.4. The predicted molar refractivity (Wildman–Crippen MR) is 276 cm³/mol. The lowest BCUT2D eigenvalue weighted by molar-refractivity contribution is -0.384. The fourth-order valence-corrected chi connectivity index (χ4v) is 7.77. The van der Waals surface area contributed by atoms with E-state index in [1.165, 1.54) is 49.9 Å². The highest BCUT2D eigenvalue weighted by Gasteiger charge is 2.23. The third-order valence-electron chi connectivity index (χ3n) is 12.0. The number of unbranched alkanes of at least 4 members (excludes halogenated alkanes) is 14. The second-order valence-corrected chi connectivity index (χ2v) is 18.8. The van der Waals surface area contributed by atoms with Gasteiger partial charge in [-0.15, -0.1) is 0 Å². The van der Waals surface area contributed by atoms with E-state index in [9.17, 15) is 34.1 Å². The number of non-ortho nitro benzene ring substituents is 1. The molecule has 396 valence electrons. The van der Waals surface area contributed by atoms with Crippen LogP contribution in [0.25, 0.3) is 0 Å². The number of hydrogen-bond acceptors (Lipinski definition) is 13. The Labute approximate surface area is 424 Å². The van der Waals surface area contributed by atoms with E-state index >= 15 is 0 Å². The molecule has 14 heteroatoms. The minimum Gasteiger partial charge on any atom is -0.462 e. The highest BCUT2D eigenvalue weighted by Crippen LogP contribution is 2.28. The van der Waals surface area contributed by atoms with Crippen LogP contribution in [0.15, 0.2) is 60.7 Å². The molecule has 2 aromatic rings. The van der Waals surface area contributed by atoms with E-state index < -0.39 is 35.0 Å². The maximum Gasteiger partial charge on any atom is 0.514 e. The van der Waals surface area contributed by atoms with E-state index in [-0.39, 0.29) is 68.4 Å². The average Bonchev–Trinajstić information content (AvgIpc) is 3.33. The van der Waals surface area contributed by atoms with Crippen molar-refractivity contribution in [2.24, 2.45) is 11.8 Å². The van der Waals surface area contributed by atoms with Crippen LogP contribution in [-0.2, 0) is 44.7 Å². The molecule has 2 unspecified atom stereocenters. The summed E-state index contributed by atoms with van der Waals surface area (Å²) < 4.78 is 32.9. The molecule has 0 aliphatic carbocycles. The summed E-state index contributed by atoms with van der Waals surface area (Å²) in [6.45, 7) is 11.2. The summed E-state index contributed by atoms with van der Waals surface area (Å²) in [5.41, 5.74) is 1.86. The first kappa shape index (κ1) is 61.6. The van der Waals surface area contributed by atoms with E-state index in [1.807, 2.05) is 6.92 Å².